The summed E-state index contributed by atoms with van der Waals surface area (Å²) in [7, 11) is -4.61. The van der Waals surface area contributed by atoms with Crippen molar-refractivity contribution in [3.63, 3.8) is 0 Å². The van der Waals surface area contributed by atoms with E-state index in [-0.39, 0.29) is 59.2 Å². The Hall–Kier alpha value is -3.60. The summed E-state index contributed by atoms with van der Waals surface area (Å²) in [5.41, 5.74) is 1.95. The molecular weight excluding hydrogens is 569 g/mol. The largest absolute Gasteiger partial charge is 0.466 e. The van der Waals surface area contributed by atoms with Gasteiger partial charge in [-0.05, 0) is 71.6 Å². The Morgan fingerprint density at radius 2 is 1.52 bits per heavy atom. The molecule has 0 atom stereocenters. The van der Waals surface area contributed by atoms with Gasteiger partial charge in [-0.15, -0.1) is 0 Å². The van der Waals surface area contributed by atoms with Crippen LogP contribution in [0.2, 0.25) is 0 Å². The Morgan fingerprint density at radius 1 is 0.905 bits per heavy atom. The first kappa shape index (κ1) is 32.9. The van der Waals surface area contributed by atoms with E-state index in [1.54, 1.807) is 6.92 Å². The first-order valence-electron chi connectivity index (χ1n) is 13.8. The van der Waals surface area contributed by atoms with E-state index in [2.05, 4.69) is 10.3 Å². The number of pyridine rings is 1. The smallest absolute Gasteiger partial charge is 0.341 e. The number of ether oxygens (including phenoxy) is 1. The van der Waals surface area contributed by atoms with Gasteiger partial charge in [0.05, 0.1) is 12.3 Å². The molecule has 3 aromatic rings. The second-order valence-electron chi connectivity index (χ2n) is 10.9. The fraction of sp³-hybridized carbons (Fsp3) is 0.419. The van der Waals surface area contributed by atoms with Gasteiger partial charge in [-0.3, -0.25) is 4.79 Å². The number of nitrogens with one attached hydrogen (secondary N) is 1. The van der Waals surface area contributed by atoms with Crippen LogP contribution in [-0.2, 0) is 26.1 Å². The van der Waals surface area contributed by atoms with Gasteiger partial charge in [-0.25, -0.2) is 13.2 Å². The number of aromatic nitrogens is 1. The highest BCUT2D eigenvalue weighted by atomic mass is 32.2. The van der Waals surface area contributed by atoms with Crippen LogP contribution in [-0.4, -0.2) is 26.0 Å². The van der Waals surface area contributed by atoms with E-state index in [9.17, 15) is 22.0 Å². The van der Waals surface area contributed by atoms with Crippen LogP contribution >= 0.6 is 0 Å². The average molecular weight is 607 g/mol. The molecule has 1 heterocycles. The van der Waals surface area contributed by atoms with E-state index in [1.165, 1.54) is 0 Å². The van der Waals surface area contributed by atoms with Crippen molar-refractivity contribution in [1.82, 2.24) is 4.98 Å². The van der Waals surface area contributed by atoms with Gasteiger partial charge in [-0.1, -0.05) is 53.7 Å². The molecule has 11 heteroatoms. The number of hydrogen-bond acceptors (Lipinski definition) is 7. The zero-order valence-electron chi connectivity index (χ0n) is 24.8. The molecule has 2 aromatic carbocycles. The number of esters is 1. The third-order valence-corrected chi connectivity index (χ3v) is 7.98. The lowest BCUT2D eigenvalue weighted by Crippen LogP contribution is -2.19. The number of anilines is 2. The number of aryl methyl sites for hydroxylation is 1. The molecule has 228 valence electrons. The monoisotopic (exact) mass is 606 g/mol. The molecule has 0 unspecified atom stereocenters. The lowest BCUT2D eigenvalue weighted by atomic mass is 9.89. The summed E-state index contributed by atoms with van der Waals surface area (Å²) in [6.45, 7) is 13.2. The van der Waals surface area contributed by atoms with Crippen LogP contribution in [0.3, 0.4) is 0 Å². The maximum Gasteiger partial charge on any atom is 0.341 e. The lowest BCUT2D eigenvalue weighted by molar-refractivity contribution is -0.143. The summed E-state index contributed by atoms with van der Waals surface area (Å²) in [4.78, 5) is 16.0. The van der Waals surface area contributed by atoms with Crippen LogP contribution in [0, 0.1) is 17.5 Å². The highest BCUT2D eigenvalue weighted by Gasteiger charge is 2.30. The molecular formula is C31H37F3N2O5S. The predicted molar refractivity (Wildman–Crippen MR) is 155 cm³/mol. The number of benzene rings is 2. The highest BCUT2D eigenvalue weighted by Crippen LogP contribution is 2.37. The van der Waals surface area contributed by atoms with Crippen LogP contribution in [0.4, 0.5) is 24.7 Å². The zero-order chi connectivity index (χ0) is 31.4. The van der Waals surface area contributed by atoms with Crippen molar-refractivity contribution in [3.8, 4) is 5.88 Å². The van der Waals surface area contributed by atoms with Gasteiger partial charge in [0, 0.05) is 12.5 Å². The topological polar surface area (TPSA) is 94.6 Å². The second-order valence-corrected chi connectivity index (χ2v) is 12.4. The number of nitrogens with zero attached hydrogens (tertiary/aromatic N) is 1. The van der Waals surface area contributed by atoms with Crippen LogP contribution < -0.4 is 9.50 Å². The van der Waals surface area contributed by atoms with Crippen molar-refractivity contribution in [2.75, 3.05) is 11.9 Å². The Bertz CT molecular complexity index is 1530. The summed E-state index contributed by atoms with van der Waals surface area (Å²) < 4.78 is 81.2. The molecule has 0 aliphatic carbocycles. The molecule has 1 N–H and O–H groups in total. The molecule has 0 bridgehead atoms. The molecule has 0 saturated heterocycles. The zero-order valence-corrected chi connectivity index (χ0v) is 25.7. The number of halogens is 3. The Labute approximate surface area is 245 Å². The standard InChI is InChI=1S/C31H37F3N2O5S/c1-8-40-28(37)12-9-20-15-26(34)31(36-30(20)35-27-11-10-22(32)16-25(27)33)41-42(38,39)29-23(18(4)5)13-21(17(2)3)14-24(29)19(6)7/h10-11,13-19H,8-9,12H2,1-7H3,(H,35,36). The second kappa shape index (κ2) is 13.6. The third-order valence-electron chi connectivity index (χ3n) is 6.63. The average Bonchev–Trinajstić information content (AvgIpc) is 2.90. The van der Waals surface area contributed by atoms with Gasteiger partial charge in [0.15, 0.2) is 5.82 Å². The van der Waals surface area contributed by atoms with E-state index >= 15 is 4.39 Å². The Balaban J connectivity index is 2.14. The highest BCUT2D eigenvalue weighted by molar-refractivity contribution is 7.87. The summed E-state index contributed by atoms with van der Waals surface area (Å²) in [5.74, 6) is -4.70. The molecule has 0 spiro atoms. The summed E-state index contributed by atoms with van der Waals surface area (Å²) in [5, 5.41) is 2.65. The number of hydrogen-bond donors (Lipinski definition) is 1. The van der Waals surface area contributed by atoms with Crippen molar-refractivity contribution in [2.24, 2.45) is 0 Å². The minimum Gasteiger partial charge on any atom is -0.466 e. The molecule has 0 aliphatic rings. The minimum absolute atomic E-state index is 0.0522. The van der Waals surface area contributed by atoms with Crippen molar-refractivity contribution in [3.05, 3.63) is 76.1 Å². The molecule has 0 aliphatic heterocycles. The van der Waals surface area contributed by atoms with Gasteiger partial charge >= 0.3 is 16.1 Å². The molecule has 0 amide bonds. The summed E-state index contributed by atoms with van der Waals surface area (Å²) in [6.07, 6.45) is -0.210. The van der Waals surface area contributed by atoms with Crippen LogP contribution in [0.5, 0.6) is 5.88 Å². The number of carbonyl (C=O) groups excluding carboxylic acids is 1. The minimum atomic E-state index is -4.61. The van der Waals surface area contributed by atoms with E-state index in [0.29, 0.717) is 17.2 Å². The first-order chi connectivity index (χ1) is 19.6. The molecule has 3 rings (SSSR count). The SMILES string of the molecule is CCOC(=O)CCc1cc(F)c(OS(=O)(=O)c2c(C(C)C)cc(C(C)C)cc2C(C)C)nc1Nc1ccc(F)cc1F. The molecule has 0 radical (unpaired) electrons. The van der Waals surface area contributed by atoms with Crippen molar-refractivity contribution < 1.29 is 35.3 Å². The van der Waals surface area contributed by atoms with Crippen LogP contribution in [0.1, 0.15) is 94.9 Å². The van der Waals surface area contributed by atoms with Crippen molar-refractivity contribution in [1.29, 1.82) is 0 Å². The molecule has 42 heavy (non-hydrogen) atoms. The van der Waals surface area contributed by atoms with Gasteiger partial charge in [-0.2, -0.15) is 13.4 Å². The Morgan fingerprint density at radius 3 is 2.05 bits per heavy atom. The summed E-state index contributed by atoms with van der Waals surface area (Å²) in [6, 6.07) is 7.39. The van der Waals surface area contributed by atoms with Gasteiger partial charge in [0.1, 0.15) is 22.3 Å². The maximum absolute atomic E-state index is 15.4. The van der Waals surface area contributed by atoms with Crippen LogP contribution in [0.15, 0.2) is 41.3 Å². The fourth-order valence-corrected chi connectivity index (χ4v) is 5.95. The Kier molecular flexibility index (Phi) is 10.6. The van der Waals surface area contributed by atoms with Crippen molar-refractivity contribution in [2.45, 2.75) is 84.0 Å². The number of carbonyl (C=O) groups is 1. The molecule has 7 nitrogen and oxygen atoms in total. The van der Waals surface area contributed by atoms with Gasteiger partial charge in [0.2, 0.25) is 0 Å². The quantitative estimate of drug-likeness (QED) is 0.166. The van der Waals surface area contributed by atoms with E-state index < -0.39 is 39.4 Å². The summed E-state index contributed by atoms with van der Waals surface area (Å²) >= 11 is 0. The van der Waals surface area contributed by atoms with Crippen LogP contribution in [0.25, 0.3) is 0 Å². The third kappa shape index (κ3) is 7.81. The van der Waals surface area contributed by atoms with E-state index in [0.717, 1.165) is 23.8 Å². The predicted octanol–water partition coefficient (Wildman–Crippen LogP) is 7.88. The first-order valence-corrected chi connectivity index (χ1v) is 15.2. The molecule has 0 saturated carbocycles. The van der Waals surface area contributed by atoms with Gasteiger partial charge < -0.3 is 14.2 Å². The molecule has 1 aromatic heterocycles. The maximum atomic E-state index is 15.4. The lowest BCUT2D eigenvalue weighted by Gasteiger charge is -2.22. The molecule has 0 fully saturated rings. The van der Waals surface area contributed by atoms with E-state index in [4.69, 9.17) is 8.92 Å². The van der Waals surface area contributed by atoms with Gasteiger partial charge in [0.25, 0.3) is 5.88 Å². The fourth-order valence-electron chi connectivity index (χ4n) is 4.38. The van der Waals surface area contributed by atoms with E-state index in [1.807, 2.05) is 53.7 Å². The van der Waals surface area contributed by atoms with Crippen molar-refractivity contribution >= 4 is 27.6 Å². The number of rotatable bonds is 12. The normalized spacial score (nSPS) is 11.8.